The maximum absolute atomic E-state index is 12.2. The molecule has 1 N–H and O–H groups in total. The number of nitrogens with one attached hydrogen (secondary N) is 1. The highest BCUT2D eigenvalue weighted by molar-refractivity contribution is 5.79. The molecule has 4 rings (SSSR count). The first kappa shape index (κ1) is 29.7. The Morgan fingerprint density at radius 3 is 1.62 bits per heavy atom. The molecule has 214 valence electrons. The second-order valence-electron chi connectivity index (χ2n) is 9.24. The third-order valence-corrected chi connectivity index (χ3v) is 6.46. The summed E-state index contributed by atoms with van der Waals surface area (Å²) in [6.45, 7) is 5.67. The quantitative estimate of drug-likeness (QED) is 0.215. The van der Waals surface area contributed by atoms with Crippen LogP contribution < -0.4 is 5.32 Å². The molecule has 1 amide bonds. The van der Waals surface area contributed by atoms with Crippen molar-refractivity contribution < 1.29 is 33.2 Å². The fraction of sp³-hybridized carbons (Fsp3) is 0.406. The first-order chi connectivity index (χ1) is 19.8. The lowest BCUT2D eigenvalue weighted by atomic mass is 9.98. The number of ether oxygens (including phenoxy) is 6. The number of alkyl carbamates (subject to hydrolysis) is 1. The van der Waals surface area contributed by atoms with Crippen molar-refractivity contribution in [2.45, 2.75) is 12.5 Å². The van der Waals surface area contributed by atoms with Gasteiger partial charge >= 0.3 is 6.09 Å². The minimum atomic E-state index is -0.442. The minimum Gasteiger partial charge on any atom is -0.449 e. The van der Waals surface area contributed by atoms with Gasteiger partial charge in [0.05, 0.1) is 66.1 Å². The second-order valence-corrected chi connectivity index (χ2v) is 9.24. The van der Waals surface area contributed by atoms with Crippen LogP contribution in [0.5, 0.6) is 0 Å². The summed E-state index contributed by atoms with van der Waals surface area (Å²) in [5, 5.41) is 2.74. The Kier molecular flexibility index (Phi) is 12.9. The average Bonchev–Trinajstić information content (AvgIpc) is 3.31. The number of carbonyl (C=O) groups excluding carboxylic acids is 1. The zero-order valence-electron chi connectivity index (χ0n) is 22.9. The Bertz CT molecular complexity index is 1100. The molecule has 0 atom stereocenters. The van der Waals surface area contributed by atoms with Crippen LogP contribution in [-0.4, -0.2) is 78.7 Å². The van der Waals surface area contributed by atoms with Gasteiger partial charge in [0.2, 0.25) is 0 Å². The summed E-state index contributed by atoms with van der Waals surface area (Å²) < 4.78 is 33.1. The van der Waals surface area contributed by atoms with Crippen molar-refractivity contribution in [3.8, 4) is 11.1 Å². The molecule has 0 aliphatic heterocycles. The maximum Gasteiger partial charge on any atom is 0.407 e. The van der Waals surface area contributed by atoms with Crippen LogP contribution in [0.15, 0.2) is 78.9 Å². The molecule has 1 aliphatic rings. The molecule has 0 fully saturated rings. The molecule has 8 nitrogen and oxygen atoms in total. The molecule has 0 radical (unpaired) electrons. The van der Waals surface area contributed by atoms with Crippen LogP contribution in [0, 0.1) is 0 Å². The number of benzene rings is 3. The first-order valence-electron chi connectivity index (χ1n) is 13.8. The topological polar surface area (TPSA) is 84.5 Å². The number of rotatable bonds is 19. The largest absolute Gasteiger partial charge is 0.449 e. The standard InChI is InChI=1S/C32H39NO7/c34-32(40-25-31-29-12-6-4-10-27(29)28-11-5-7-13-30(28)31)33-14-15-35-16-17-36-18-19-37-20-21-38-22-23-39-24-26-8-2-1-3-9-26/h1-13,31H,14-25H2,(H,33,34). The zero-order chi connectivity index (χ0) is 27.7. The monoisotopic (exact) mass is 549 g/mol. The van der Waals surface area contributed by atoms with Gasteiger partial charge in [-0.1, -0.05) is 78.9 Å². The lowest BCUT2D eigenvalue weighted by Gasteiger charge is -2.14. The molecule has 0 saturated heterocycles. The number of fused-ring (bicyclic) bond motifs is 3. The van der Waals surface area contributed by atoms with Crippen LogP contribution in [0.3, 0.4) is 0 Å². The number of carbonyl (C=O) groups is 1. The summed E-state index contributed by atoms with van der Waals surface area (Å²) in [5.74, 6) is 0.0489. The number of hydrogen-bond donors (Lipinski definition) is 1. The van der Waals surface area contributed by atoms with E-state index < -0.39 is 6.09 Å². The van der Waals surface area contributed by atoms with Crippen LogP contribution in [0.25, 0.3) is 11.1 Å². The number of amides is 1. The molecule has 0 bridgehead atoms. The van der Waals surface area contributed by atoms with E-state index in [0.717, 1.165) is 5.56 Å². The molecule has 8 heteroatoms. The summed E-state index contributed by atoms with van der Waals surface area (Å²) in [7, 11) is 0. The van der Waals surface area contributed by atoms with E-state index in [1.54, 1.807) is 0 Å². The van der Waals surface area contributed by atoms with Crippen LogP contribution in [-0.2, 0) is 35.0 Å². The Morgan fingerprint density at radius 1 is 0.575 bits per heavy atom. The molecule has 3 aromatic carbocycles. The van der Waals surface area contributed by atoms with Gasteiger partial charge in [-0.3, -0.25) is 0 Å². The highest BCUT2D eigenvalue weighted by Crippen LogP contribution is 2.44. The van der Waals surface area contributed by atoms with E-state index in [1.807, 2.05) is 54.6 Å². The van der Waals surface area contributed by atoms with Crippen molar-refractivity contribution in [1.29, 1.82) is 0 Å². The molecule has 0 heterocycles. The van der Waals surface area contributed by atoms with Gasteiger partial charge in [-0.05, 0) is 27.8 Å². The zero-order valence-corrected chi connectivity index (χ0v) is 22.9. The Morgan fingerprint density at radius 2 is 1.05 bits per heavy atom. The number of hydrogen-bond acceptors (Lipinski definition) is 7. The minimum absolute atomic E-state index is 0.0489. The lowest BCUT2D eigenvalue weighted by molar-refractivity contribution is -0.0122. The Hall–Kier alpha value is -3.27. The van der Waals surface area contributed by atoms with Gasteiger partial charge in [-0.25, -0.2) is 4.79 Å². The van der Waals surface area contributed by atoms with Crippen molar-refractivity contribution in [2.75, 3.05) is 72.6 Å². The highest BCUT2D eigenvalue weighted by Gasteiger charge is 2.28. The van der Waals surface area contributed by atoms with Gasteiger partial charge in [-0.2, -0.15) is 0 Å². The van der Waals surface area contributed by atoms with E-state index in [-0.39, 0.29) is 5.92 Å². The van der Waals surface area contributed by atoms with Crippen LogP contribution in [0.4, 0.5) is 4.79 Å². The predicted molar refractivity (Wildman–Crippen MR) is 152 cm³/mol. The molecule has 0 spiro atoms. The molecule has 40 heavy (non-hydrogen) atoms. The van der Waals surface area contributed by atoms with Crippen molar-refractivity contribution >= 4 is 6.09 Å². The molecule has 0 unspecified atom stereocenters. The van der Waals surface area contributed by atoms with Gasteiger partial charge in [0, 0.05) is 12.5 Å². The summed E-state index contributed by atoms with van der Waals surface area (Å²) in [6, 6.07) is 26.6. The summed E-state index contributed by atoms with van der Waals surface area (Å²) >= 11 is 0. The molecule has 3 aromatic rings. The normalized spacial score (nSPS) is 12.2. The maximum atomic E-state index is 12.2. The van der Waals surface area contributed by atoms with Crippen molar-refractivity contribution in [1.82, 2.24) is 5.32 Å². The van der Waals surface area contributed by atoms with E-state index in [0.29, 0.717) is 79.2 Å². The molecular weight excluding hydrogens is 510 g/mol. The third-order valence-electron chi connectivity index (χ3n) is 6.46. The average molecular weight is 550 g/mol. The lowest BCUT2D eigenvalue weighted by Crippen LogP contribution is -2.29. The van der Waals surface area contributed by atoms with E-state index in [1.165, 1.54) is 22.3 Å². The van der Waals surface area contributed by atoms with Crippen molar-refractivity contribution in [3.05, 3.63) is 95.6 Å². The summed E-state index contributed by atoms with van der Waals surface area (Å²) in [5.41, 5.74) is 5.96. The van der Waals surface area contributed by atoms with Crippen molar-refractivity contribution in [3.63, 3.8) is 0 Å². The fourth-order valence-corrected chi connectivity index (χ4v) is 4.52. The summed E-state index contributed by atoms with van der Waals surface area (Å²) in [4.78, 5) is 12.2. The van der Waals surface area contributed by atoms with Gasteiger partial charge in [0.25, 0.3) is 0 Å². The molecule has 1 aliphatic carbocycles. The third kappa shape index (κ3) is 9.73. The van der Waals surface area contributed by atoms with Gasteiger partial charge in [0.15, 0.2) is 0 Å². The van der Waals surface area contributed by atoms with E-state index in [2.05, 4.69) is 29.6 Å². The van der Waals surface area contributed by atoms with E-state index in [4.69, 9.17) is 28.4 Å². The summed E-state index contributed by atoms with van der Waals surface area (Å²) in [6.07, 6.45) is -0.442. The highest BCUT2D eigenvalue weighted by atomic mass is 16.6. The van der Waals surface area contributed by atoms with Crippen molar-refractivity contribution in [2.24, 2.45) is 0 Å². The first-order valence-corrected chi connectivity index (χ1v) is 13.8. The Balaban J connectivity index is 0.918. The predicted octanol–water partition coefficient (Wildman–Crippen LogP) is 4.81. The Labute approximate surface area is 236 Å². The van der Waals surface area contributed by atoms with Gasteiger partial charge < -0.3 is 33.7 Å². The second kappa shape index (κ2) is 17.4. The van der Waals surface area contributed by atoms with Gasteiger partial charge in [0.1, 0.15) is 6.61 Å². The molecule has 0 saturated carbocycles. The van der Waals surface area contributed by atoms with Crippen LogP contribution in [0.1, 0.15) is 22.6 Å². The SMILES string of the molecule is O=C(NCCOCCOCCOCCOCCOCc1ccccc1)OCC1c2ccccc2-c2ccccc21. The van der Waals surface area contributed by atoms with E-state index in [9.17, 15) is 4.79 Å². The molecule has 0 aromatic heterocycles. The molecular formula is C32H39NO7. The smallest absolute Gasteiger partial charge is 0.407 e. The van der Waals surface area contributed by atoms with E-state index >= 15 is 0 Å². The van der Waals surface area contributed by atoms with Gasteiger partial charge in [-0.15, -0.1) is 0 Å². The fourth-order valence-electron chi connectivity index (χ4n) is 4.52. The van der Waals surface area contributed by atoms with Crippen LogP contribution >= 0.6 is 0 Å². The van der Waals surface area contributed by atoms with Crippen LogP contribution in [0.2, 0.25) is 0 Å².